The molecule has 0 amide bonds. The van der Waals surface area contributed by atoms with E-state index < -0.39 is 11.7 Å². The minimum absolute atomic E-state index is 0.0943. The van der Waals surface area contributed by atoms with Gasteiger partial charge in [-0.3, -0.25) is 0 Å². The van der Waals surface area contributed by atoms with Crippen molar-refractivity contribution in [1.82, 2.24) is 9.97 Å². The number of anilines is 3. The fourth-order valence-corrected chi connectivity index (χ4v) is 2.27. The Balaban J connectivity index is 1.73. The zero-order chi connectivity index (χ0) is 18.6. The maximum atomic E-state index is 13.1. The summed E-state index contributed by atoms with van der Waals surface area (Å²) in [7, 11) is 0. The van der Waals surface area contributed by atoms with Crippen LogP contribution >= 0.6 is 0 Å². The minimum Gasteiger partial charge on any atom is -0.350 e. The highest BCUT2D eigenvalue weighted by molar-refractivity contribution is 5.61. The first-order valence-electron chi connectivity index (χ1n) is 7.66. The Kier molecular flexibility index (Phi) is 5.01. The van der Waals surface area contributed by atoms with Crippen molar-refractivity contribution in [3.8, 4) is 0 Å². The molecule has 0 aliphatic rings. The van der Waals surface area contributed by atoms with Gasteiger partial charge in [0.1, 0.15) is 11.6 Å². The molecule has 4 nitrogen and oxygen atoms in total. The molecule has 26 heavy (non-hydrogen) atoms. The highest BCUT2D eigenvalue weighted by Crippen LogP contribution is 2.35. The SMILES string of the molecule is Fc1ccc(CNc2nccc(Nc3ccccc3C(F)(F)F)n2)cc1. The van der Waals surface area contributed by atoms with Gasteiger partial charge in [0.05, 0.1) is 11.3 Å². The van der Waals surface area contributed by atoms with Gasteiger partial charge in [0.25, 0.3) is 0 Å². The Morgan fingerprint density at radius 3 is 2.38 bits per heavy atom. The summed E-state index contributed by atoms with van der Waals surface area (Å²) in [6.07, 6.45) is -3.04. The number of alkyl halides is 3. The lowest BCUT2D eigenvalue weighted by molar-refractivity contribution is -0.136. The van der Waals surface area contributed by atoms with Gasteiger partial charge in [0.2, 0.25) is 5.95 Å². The number of nitrogens with zero attached hydrogens (tertiary/aromatic N) is 2. The summed E-state index contributed by atoms with van der Waals surface area (Å²) < 4.78 is 52.1. The molecule has 8 heteroatoms. The third-order valence-electron chi connectivity index (χ3n) is 3.51. The van der Waals surface area contributed by atoms with E-state index in [4.69, 9.17) is 0 Å². The van der Waals surface area contributed by atoms with Gasteiger partial charge in [-0.15, -0.1) is 0 Å². The first-order valence-corrected chi connectivity index (χ1v) is 7.66. The number of hydrogen-bond acceptors (Lipinski definition) is 4. The molecule has 0 bridgehead atoms. The summed E-state index contributed by atoms with van der Waals surface area (Å²) >= 11 is 0. The van der Waals surface area contributed by atoms with E-state index in [-0.39, 0.29) is 23.3 Å². The van der Waals surface area contributed by atoms with Crippen molar-refractivity contribution in [2.75, 3.05) is 10.6 Å². The number of benzene rings is 2. The number of nitrogens with one attached hydrogen (secondary N) is 2. The lowest BCUT2D eigenvalue weighted by Crippen LogP contribution is -2.10. The molecule has 3 aromatic rings. The zero-order valence-corrected chi connectivity index (χ0v) is 13.4. The predicted octanol–water partition coefficient (Wildman–Crippen LogP) is 4.99. The molecule has 1 aromatic heterocycles. The van der Waals surface area contributed by atoms with E-state index in [9.17, 15) is 17.6 Å². The highest BCUT2D eigenvalue weighted by atomic mass is 19.4. The lowest BCUT2D eigenvalue weighted by atomic mass is 10.1. The predicted molar refractivity (Wildman–Crippen MR) is 90.5 cm³/mol. The van der Waals surface area contributed by atoms with Crippen LogP contribution in [0, 0.1) is 5.82 Å². The van der Waals surface area contributed by atoms with Crippen molar-refractivity contribution in [3.05, 3.63) is 77.7 Å². The third-order valence-corrected chi connectivity index (χ3v) is 3.51. The molecule has 0 saturated carbocycles. The summed E-state index contributed by atoms with van der Waals surface area (Å²) in [5, 5.41) is 5.61. The first kappa shape index (κ1) is 17.7. The second-order valence-electron chi connectivity index (χ2n) is 5.41. The van der Waals surface area contributed by atoms with Crippen molar-refractivity contribution in [3.63, 3.8) is 0 Å². The topological polar surface area (TPSA) is 49.8 Å². The average molecular weight is 362 g/mol. The van der Waals surface area contributed by atoms with Crippen LogP contribution in [-0.4, -0.2) is 9.97 Å². The Labute approximate surface area is 146 Å². The lowest BCUT2D eigenvalue weighted by Gasteiger charge is -2.14. The molecule has 0 aliphatic heterocycles. The smallest absolute Gasteiger partial charge is 0.350 e. The second-order valence-corrected chi connectivity index (χ2v) is 5.41. The van der Waals surface area contributed by atoms with Gasteiger partial charge in [-0.2, -0.15) is 18.2 Å². The van der Waals surface area contributed by atoms with Gasteiger partial charge in [0.15, 0.2) is 0 Å². The van der Waals surface area contributed by atoms with Crippen LogP contribution in [0.3, 0.4) is 0 Å². The molecule has 0 atom stereocenters. The van der Waals surface area contributed by atoms with Crippen molar-refractivity contribution >= 4 is 17.5 Å². The Morgan fingerprint density at radius 2 is 1.65 bits per heavy atom. The fourth-order valence-electron chi connectivity index (χ4n) is 2.27. The highest BCUT2D eigenvalue weighted by Gasteiger charge is 2.33. The number of halogens is 4. The monoisotopic (exact) mass is 362 g/mol. The summed E-state index contributed by atoms with van der Waals surface area (Å²) in [5.74, 6) is 0.127. The molecule has 134 valence electrons. The summed E-state index contributed by atoms with van der Waals surface area (Å²) in [4.78, 5) is 8.18. The number of aromatic nitrogens is 2. The van der Waals surface area contributed by atoms with Crippen molar-refractivity contribution < 1.29 is 17.6 Å². The van der Waals surface area contributed by atoms with E-state index in [0.29, 0.717) is 6.54 Å². The quantitative estimate of drug-likeness (QED) is 0.628. The van der Waals surface area contributed by atoms with Crippen LogP contribution in [0.1, 0.15) is 11.1 Å². The van der Waals surface area contributed by atoms with Gasteiger partial charge >= 0.3 is 6.18 Å². The van der Waals surface area contributed by atoms with E-state index in [1.54, 1.807) is 12.1 Å². The molecular weight excluding hydrogens is 348 g/mol. The molecule has 2 N–H and O–H groups in total. The van der Waals surface area contributed by atoms with Crippen LogP contribution in [0.5, 0.6) is 0 Å². The number of para-hydroxylation sites is 1. The fraction of sp³-hybridized carbons (Fsp3) is 0.111. The molecular formula is C18H14F4N4. The maximum Gasteiger partial charge on any atom is 0.418 e. The molecule has 2 aromatic carbocycles. The van der Waals surface area contributed by atoms with Crippen LogP contribution in [0.2, 0.25) is 0 Å². The van der Waals surface area contributed by atoms with Gasteiger partial charge < -0.3 is 10.6 Å². The van der Waals surface area contributed by atoms with Crippen LogP contribution in [0.15, 0.2) is 60.8 Å². The summed E-state index contributed by atoms with van der Waals surface area (Å²) in [5.41, 5.74) is -0.0570. The van der Waals surface area contributed by atoms with E-state index in [1.807, 2.05) is 0 Å². The molecule has 0 saturated heterocycles. The molecule has 0 unspecified atom stereocenters. The second kappa shape index (κ2) is 7.38. The maximum absolute atomic E-state index is 13.1. The van der Waals surface area contributed by atoms with Crippen LogP contribution < -0.4 is 10.6 Å². The number of hydrogen-bond donors (Lipinski definition) is 2. The van der Waals surface area contributed by atoms with Crippen molar-refractivity contribution in [2.24, 2.45) is 0 Å². The largest absolute Gasteiger partial charge is 0.418 e. The standard InChI is InChI=1S/C18H14F4N4/c19-13-7-5-12(6-8-13)11-24-17-23-10-9-16(26-17)25-15-4-2-1-3-14(15)18(20,21)22/h1-10H,11H2,(H2,23,24,25,26). The molecule has 0 aliphatic carbocycles. The zero-order valence-electron chi connectivity index (χ0n) is 13.4. The molecule has 1 heterocycles. The van der Waals surface area contributed by atoms with Crippen LogP contribution in [0.25, 0.3) is 0 Å². The average Bonchev–Trinajstić information content (AvgIpc) is 2.61. The van der Waals surface area contributed by atoms with Crippen LogP contribution in [-0.2, 0) is 12.7 Å². The normalized spacial score (nSPS) is 11.2. The Morgan fingerprint density at radius 1 is 0.923 bits per heavy atom. The number of rotatable bonds is 5. The van der Waals surface area contributed by atoms with E-state index in [1.165, 1.54) is 42.6 Å². The van der Waals surface area contributed by atoms with Crippen molar-refractivity contribution in [1.29, 1.82) is 0 Å². The molecule has 0 fully saturated rings. The first-order chi connectivity index (χ1) is 12.4. The van der Waals surface area contributed by atoms with Gasteiger partial charge in [-0.05, 0) is 35.9 Å². The third kappa shape index (κ3) is 4.47. The molecule has 0 spiro atoms. The van der Waals surface area contributed by atoms with E-state index in [0.717, 1.165) is 11.6 Å². The minimum atomic E-state index is -4.47. The Bertz CT molecular complexity index is 879. The van der Waals surface area contributed by atoms with Crippen molar-refractivity contribution in [2.45, 2.75) is 12.7 Å². The van der Waals surface area contributed by atoms with Crippen LogP contribution in [0.4, 0.5) is 35.0 Å². The van der Waals surface area contributed by atoms with Gasteiger partial charge in [-0.1, -0.05) is 24.3 Å². The Hall–Kier alpha value is -3.16. The van der Waals surface area contributed by atoms with Gasteiger partial charge in [-0.25, -0.2) is 9.37 Å². The van der Waals surface area contributed by atoms with E-state index in [2.05, 4.69) is 20.6 Å². The summed E-state index contributed by atoms with van der Waals surface area (Å²) in [6, 6.07) is 12.5. The van der Waals surface area contributed by atoms with E-state index >= 15 is 0 Å². The van der Waals surface area contributed by atoms with Gasteiger partial charge in [0, 0.05) is 12.7 Å². The summed E-state index contributed by atoms with van der Waals surface area (Å²) in [6.45, 7) is 0.350. The molecule has 3 rings (SSSR count). The molecule has 0 radical (unpaired) electrons.